The molecule has 0 unspecified atom stereocenters. The fourth-order valence-corrected chi connectivity index (χ4v) is 20.4. The second-order valence-corrected chi connectivity index (χ2v) is 40.9. The normalized spacial score (nSPS) is 16.9. The van der Waals surface area contributed by atoms with Gasteiger partial charge in [0.05, 0.1) is 41.6 Å². The molecule has 31 nitrogen and oxygen atoms in total. The van der Waals surface area contributed by atoms with Crippen molar-refractivity contribution in [1.82, 2.24) is 68.3 Å². The van der Waals surface area contributed by atoms with Gasteiger partial charge in [-0.3, -0.25) is 57.5 Å². The lowest BCUT2D eigenvalue weighted by atomic mass is 9.77. The lowest BCUT2D eigenvalue weighted by Crippen LogP contribution is -2.63. The van der Waals surface area contributed by atoms with Gasteiger partial charge in [0.1, 0.15) is 78.6 Å². The van der Waals surface area contributed by atoms with E-state index in [1.165, 1.54) is 35.4 Å². The number of carboxylic acid groups (broad SMARTS) is 1. The Kier molecular flexibility index (Phi) is 39.6. The summed E-state index contributed by atoms with van der Waals surface area (Å²) in [6, 6.07) is 56.8. The van der Waals surface area contributed by atoms with Gasteiger partial charge < -0.3 is 87.6 Å². The van der Waals surface area contributed by atoms with Crippen LogP contribution in [0.25, 0.3) is 11.1 Å². The van der Waals surface area contributed by atoms with Crippen LogP contribution in [-0.4, -0.2) is 226 Å². The fraction of sp³-hybridized carbons (Fsp3) is 0.441. The predicted molar refractivity (Wildman–Crippen MR) is 555 cm³/mol. The number of aliphatic carboxylic acids is 1. The number of thiol groups is 1. The van der Waals surface area contributed by atoms with E-state index in [0.717, 1.165) is 38.9 Å². The molecule has 13 amide bonds. The van der Waals surface area contributed by atoms with Crippen molar-refractivity contribution in [2.24, 2.45) is 17.8 Å². The van der Waals surface area contributed by atoms with Crippen LogP contribution in [0.5, 0.6) is 0 Å². The summed E-state index contributed by atoms with van der Waals surface area (Å²) in [7, 11) is 0. The van der Waals surface area contributed by atoms with E-state index in [0.29, 0.717) is 42.4 Å². The quantitative estimate of drug-likeness (QED) is 0.0124. The molecule has 33 heteroatoms. The number of nitrogens with one attached hydrogen (secondary N) is 11. The Labute approximate surface area is 853 Å². The maximum atomic E-state index is 16.0. The molecule has 0 radical (unpaired) electrons. The Bertz CT molecular complexity index is 5510. The van der Waals surface area contributed by atoms with Crippen molar-refractivity contribution >= 4 is 107 Å². The van der Waals surface area contributed by atoms with Crippen LogP contribution in [0.1, 0.15) is 199 Å². The zero-order valence-electron chi connectivity index (χ0n) is 84.4. The van der Waals surface area contributed by atoms with Gasteiger partial charge in [-0.15, -0.1) is 11.8 Å². The summed E-state index contributed by atoms with van der Waals surface area (Å²) in [5, 5.41) is 40.4. The summed E-state index contributed by atoms with van der Waals surface area (Å²) >= 11 is 5.46. The van der Waals surface area contributed by atoms with E-state index in [2.05, 4.69) is 71.1 Å². The molecule has 144 heavy (non-hydrogen) atoms. The molecular formula is C111H139N13O18S2. The Morgan fingerprint density at radius 3 is 1.33 bits per heavy atom. The number of ether oxygens (including phenoxy) is 3. The van der Waals surface area contributed by atoms with Crippen molar-refractivity contribution in [3.63, 3.8) is 0 Å². The van der Waals surface area contributed by atoms with Crippen molar-refractivity contribution in [3.05, 3.63) is 275 Å². The van der Waals surface area contributed by atoms with Crippen LogP contribution in [0.4, 0.5) is 4.79 Å². The van der Waals surface area contributed by atoms with Crippen LogP contribution >= 0.6 is 24.4 Å². The van der Waals surface area contributed by atoms with Gasteiger partial charge in [0.25, 0.3) is 0 Å². The number of carbonyl (C=O) groups excluding carboxylic acids is 13. The van der Waals surface area contributed by atoms with Gasteiger partial charge in [0.2, 0.25) is 70.9 Å². The molecule has 2 saturated heterocycles. The van der Waals surface area contributed by atoms with E-state index in [4.69, 9.17) is 14.2 Å². The molecule has 12 N–H and O–H groups in total. The van der Waals surface area contributed by atoms with Crippen molar-refractivity contribution in [2.75, 3.05) is 44.4 Å². The van der Waals surface area contributed by atoms with Crippen LogP contribution in [0.3, 0.4) is 0 Å². The van der Waals surface area contributed by atoms with Crippen LogP contribution in [0, 0.1) is 17.8 Å². The smallest absolute Gasteiger partial charge is 0.407 e. The molecule has 15 atom stereocenters. The third-order valence-electron chi connectivity index (χ3n) is 26.8. The third-order valence-corrected chi connectivity index (χ3v) is 28.9. The number of fused-ring (bicyclic) bond motifs is 3. The first-order valence-electron chi connectivity index (χ1n) is 49.6. The number of carbonyl (C=O) groups is 14. The summed E-state index contributed by atoms with van der Waals surface area (Å²) in [5.74, 6) is -13.5. The zero-order chi connectivity index (χ0) is 104. The molecule has 768 valence electrons. The molecule has 3 aliphatic rings. The second kappa shape index (κ2) is 51.3. The van der Waals surface area contributed by atoms with Gasteiger partial charge in [0.15, 0.2) is 0 Å². The monoisotopic (exact) mass is 2010 g/mol. The molecule has 0 spiro atoms. The Morgan fingerprint density at radius 1 is 0.431 bits per heavy atom. The molecule has 11 rings (SSSR count). The van der Waals surface area contributed by atoms with Crippen molar-refractivity contribution in [2.45, 2.75) is 248 Å². The minimum atomic E-state index is -1.91. The number of nitrogens with zero attached hydrogens (tertiary/aromatic N) is 2. The Hall–Kier alpha value is -13.2. The third kappa shape index (κ3) is 28.2. The molecule has 2 fully saturated rings. The predicted octanol–water partition coefficient (Wildman–Crippen LogP) is 11.3. The number of hydrogen-bond donors (Lipinski definition) is 13. The highest BCUT2D eigenvalue weighted by Crippen LogP contribution is 2.50. The molecule has 1 aliphatic carbocycles. The first-order valence-corrected chi connectivity index (χ1v) is 51.2. The lowest BCUT2D eigenvalue weighted by molar-refractivity contribution is -0.149. The zero-order valence-corrected chi connectivity index (χ0v) is 86.1. The van der Waals surface area contributed by atoms with Crippen LogP contribution < -0.4 is 58.5 Å². The van der Waals surface area contributed by atoms with Crippen molar-refractivity contribution in [3.8, 4) is 11.1 Å². The van der Waals surface area contributed by atoms with E-state index in [-0.39, 0.29) is 56.4 Å². The molecule has 0 bridgehead atoms. The highest BCUT2D eigenvalue weighted by atomic mass is 32.2. The Morgan fingerprint density at radius 2 is 0.854 bits per heavy atom. The Balaban J connectivity index is 0.848. The highest BCUT2D eigenvalue weighted by molar-refractivity contribution is 8.00. The van der Waals surface area contributed by atoms with Gasteiger partial charge >= 0.3 is 12.1 Å². The number of likely N-dealkylation sites (tertiary alicyclic amines) is 2. The van der Waals surface area contributed by atoms with E-state index in [9.17, 15) is 38.7 Å². The van der Waals surface area contributed by atoms with Crippen molar-refractivity contribution < 1.29 is 86.4 Å². The second-order valence-electron chi connectivity index (χ2n) is 39.3. The van der Waals surface area contributed by atoms with E-state index < -0.39 is 214 Å². The standard InChI is InChI=1S/C111H139N13O18S2/c1-15-68(4)92(118-91(126)63-112-97(128)87(117-107(139)140-64-83-81-56-38-36-54-79(81)80-55-37-39-57-82(80)83)67-144-111(76-48-30-21-31-49-76,77-50-32-22-33-51-77)78-52-34-23-35-53-78)101(132)114-84(62-90(125)122-110(73-42-24-18-25-43-73,74-44-26-19-27-45-74)75-46-28-20-29-47-75)98(129)121-95(72(8)142-109(12,13)14)103(134)113-71(7)96(127)115-85(65-141-108(9,10)11)99(130)120-94(70(6)17-3)105(136)124-61-41-59-89(124)104(135)123-60-40-58-88(123)100(131)119-93(69(5)16-2)102(133)116-86(66-143)106(137)138/h18-39,42-57,68-72,83-89,92-95,143H,15-17,40-41,58-67H2,1-14H3,(H,112,128)(H,113,134)(H,114,132)(H,115,127)(H,116,133)(H,117,139)(H,118,126)(H,119,131)(H,120,130)(H,121,129)(H,122,125)(H,137,138)/t68-,69-,70-,71-,72+,84-,85-,86-,87-,88-,89-,92-,93-,94-,95-/m0/s1. The first-order chi connectivity index (χ1) is 68.8. The molecule has 2 heterocycles. The summed E-state index contributed by atoms with van der Waals surface area (Å²) in [5.41, 5.74) is 4.95. The van der Waals surface area contributed by atoms with Gasteiger partial charge in [-0.2, -0.15) is 12.6 Å². The largest absolute Gasteiger partial charge is 0.480 e. The average molecular weight is 2010 g/mol. The maximum absolute atomic E-state index is 16.0. The van der Waals surface area contributed by atoms with Gasteiger partial charge in [-0.25, -0.2) is 9.59 Å². The molecule has 8 aromatic rings. The first kappa shape index (κ1) is 111. The number of alkyl carbamates (subject to hydrolysis) is 1. The van der Waals surface area contributed by atoms with Crippen LogP contribution in [0.2, 0.25) is 0 Å². The summed E-state index contributed by atoms with van der Waals surface area (Å²) in [6.45, 7) is 22.6. The number of hydrogen-bond acceptors (Lipinski definition) is 19. The summed E-state index contributed by atoms with van der Waals surface area (Å²) in [4.78, 5) is 210. The molecule has 2 aliphatic heterocycles. The SMILES string of the molecule is CC[C@H](C)[C@H](NC(=O)CNC(=O)[C@H](CSC(c1ccccc1)(c1ccccc1)c1ccccc1)NC(=O)OCC1c2ccccc2-c2ccccc21)C(=O)N[C@@H](CC(=O)NC(c1ccccc1)(c1ccccc1)c1ccccc1)C(=O)N[C@H](C(=O)N[C@@H](C)C(=O)N[C@@H](COC(C)(C)C)C(=O)N[C@H](C(=O)N1CCC[C@H]1C(=O)N1CCC[C@H]1C(=O)N[C@H](C(=O)N[C@@H](CS)C(=O)O)[C@@H](C)CC)[C@@H](C)CC)[C@@H](C)OC(C)(C)C. The molecule has 8 aromatic carbocycles. The molecule has 0 aromatic heterocycles. The minimum Gasteiger partial charge on any atom is -0.480 e. The molecule has 0 saturated carbocycles. The van der Waals surface area contributed by atoms with Gasteiger partial charge in [-0.05, 0) is 154 Å². The lowest BCUT2D eigenvalue weighted by Gasteiger charge is -2.37. The fourth-order valence-electron chi connectivity index (χ4n) is 18.6. The van der Waals surface area contributed by atoms with E-state index in [1.54, 1.807) is 69.2 Å². The highest BCUT2D eigenvalue weighted by Gasteiger charge is 2.49. The number of benzene rings is 8. The summed E-state index contributed by atoms with van der Waals surface area (Å²) in [6.07, 6.45) is -0.740. The van der Waals surface area contributed by atoms with Gasteiger partial charge in [0, 0.05) is 30.5 Å². The summed E-state index contributed by atoms with van der Waals surface area (Å²) < 4.78 is 17.7. The van der Waals surface area contributed by atoms with Crippen molar-refractivity contribution in [1.29, 1.82) is 0 Å². The van der Waals surface area contributed by atoms with Gasteiger partial charge in [-0.1, -0.05) is 291 Å². The minimum absolute atomic E-state index is 0.0823. The molecular weight excluding hydrogens is 1870 g/mol. The van der Waals surface area contributed by atoms with Crippen LogP contribution in [-0.2, 0) is 86.8 Å². The number of carboxylic acids is 1. The average Bonchev–Trinajstić information content (AvgIpc) is 1.24. The van der Waals surface area contributed by atoms with E-state index in [1.807, 2.05) is 244 Å². The van der Waals surface area contributed by atoms with Crippen LogP contribution in [0.15, 0.2) is 231 Å². The number of amides is 13. The number of thioether (sulfide) groups is 1. The van der Waals surface area contributed by atoms with E-state index >= 15 is 33.6 Å². The number of rotatable bonds is 47. The topological polar surface area (TPSA) is 426 Å². The maximum Gasteiger partial charge on any atom is 0.407 e.